The number of anilines is 1. The molecule has 22 heavy (non-hydrogen) atoms. The minimum atomic E-state index is -4.79. The maximum Gasteiger partial charge on any atom is 0.573 e. The van der Waals surface area contributed by atoms with E-state index < -0.39 is 12.1 Å². The molecule has 0 aliphatic heterocycles. The third-order valence-electron chi connectivity index (χ3n) is 2.59. The average molecular weight is 310 g/mol. The molecule has 0 unspecified atom stereocenters. The number of hydrazone groups is 1. The molecule has 0 fully saturated rings. The zero-order valence-electron chi connectivity index (χ0n) is 11.6. The Labute approximate surface area is 125 Å². The van der Waals surface area contributed by atoms with Crippen LogP contribution < -0.4 is 14.9 Å². The summed E-state index contributed by atoms with van der Waals surface area (Å²) in [4.78, 5) is 0. The standard InChI is InChI=1S/C15H13F3N2O2/c1-21-13-8-7-11(9-14(13)22-15(16,17)18)10-19-20-12-5-3-2-4-6-12/h2-10,20H,1H3. The molecule has 0 saturated heterocycles. The number of ether oxygens (including phenoxy) is 2. The topological polar surface area (TPSA) is 42.8 Å². The Morgan fingerprint density at radius 1 is 1.05 bits per heavy atom. The fraction of sp³-hybridized carbons (Fsp3) is 0.133. The van der Waals surface area contributed by atoms with Crippen LogP contribution in [0.3, 0.4) is 0 Å². The lowest BCUT2D eigenvalue weighted by molar-refractivity contribution is -0.275. The maximum absolute atomic E-state index is 12.3. The highest BCUT2D eigenvalue weighted by Gasteiger charge is 2.32. The van der Waals surface area contributed by atoms with Gasteiger partial charge in [0.1, 0.15) is 0 Å². The van der Waals surface area contributed by atoms with E-state index in [0.717, 1.165) is 5.69 Å². The smallest absolute Gasteiger partial charge is 0.493 e. The molecule has 0 radical (unpaired) electrons. The number of nitrogens with one attached hydrogen (secondary N) is 1. The van der Waals surface area contributed by atoms with Gasteiger partial charge in [0.05, 0.1) is 19.0 Å². The number of halogens is 3. The first kappa shape index (κ1) is 15.7. The van der Waals surface area contributed by atoms with Gasteiger partial charge in [-0.2, -0.15) is 5.10 Å². The first-order chi connectivity index (χ1) is 10.5. The second kappa shape index (κ2) is 6.84. The van der Waals surface area contributed by atoms with Gasteiger partial charge < -0.3 is 9.47 Å². The minimum absolute atomic E-state index is 0.00880. The molecule has 7 heteroatoms. The van der Waals surface area contributed by atoms with Crippen molar-refractivity contribution in [3.8, 4) is 11.5 Å². The molecular formula is C15H13F3N2O2. The summed E-state index contributed by atoms with van der Waals surface area (Å²) in [5.74, 6) is -0.427. The number of alkyl halides is 3. The molecule has 2 aromatic rings. The summed E-state index contributed by atoms with van der Waals surface area (Å²) < 4.78 is 45.8. The second-order valence-corrected chi connectivity index (χ2v) is 4.19. The Bertz CT molecular complexity index is 643. The summed E-state index contributed by atoms with van der Waals surface area (Å²) in [6.45, 7) is 0. The van der Waals surface area contributed by atoms with Crippen molar-refractivity contribution >= 4 is 11.9 Å². The van der Waals surface area contributed by atoms with Gasteiger partial charge in [0.25, 0.3) is 0 Å². The van der Waals surface area contributed by atoms with E-state index in [1.807, 2.05) is 30.3 Å². The molecule has 0 bridgehead atoms. The number of rotatable bonds is 5. The van der Waals surface area contributed by atoms with Crippen molar-refractivity contribution in [3.05, 3.63) is 54.1 Å². The van der Waals surface area contributed by atoms with Crippen LogP contribution >= 0.6 is 0 Å². The molecule has 116 valence electrons. The van der Waals surface area contributed by atoms with Crippen molar-refractivity contribution in [1.29, 1.82) is 0 Å². The number of hydrogen-bond donors (Lipinski definition) is 1. The zero-order valence-corrected chi connectivity index (χ0v) is 11.6. The van der Waals surface area contributed by atoms with Crippen LogP contribution in [0.2, 0.25) is 0 Å². The van der Waals surface area contributed by atoms with E-state index in [9.17, 15) is 13.2 Å². The summed E-state index contributed by atoms with van der Waals surface area (Å²) in [5.41, 5.74) is 3.96. The molecule has 0 saturated carbocycles. The normalized spacial score (nSPS) is 11.5. The summed E-state index contributed by atoms with van der Waals surface area (Å²) in [7, 11) is 1.27. The number of nitrogens with zero attached hydrogens (tertiary/aromatic N) is 1. The van der Waals surface area contributed by atoms with E-state index in [0.29, 0.717) is 5.56 Å². The molecule has 2 aromatic carbocycles. The molecule has 0 amide bonds. The van der Waals surface area contributed by atoms with E-state index >= 15 is 0 Å². The Kier molecular flexibility index (Phi) is 4.88. The molecule has 0 heterocycles. The van der Waals surface area contributed by atoms with Crippen LogP contribution in [-0.2, 0) is 0 Å². The third-order valence-corrected chi connectivity index (χ3v) is 2.59. The van der Waals surface area contributed by atoms with Gasteiger partial charge in [0, 0.05) is 0 Å². The van der Waals surface area contributed by atoms with Gasteiger partial charge in [0.15, 0.2) is 11.5 Å². The molecule has 0 atom stereocenters. The van der Waals surface area contributed by atoms with Crippen LogP contribution in [0.1, 0.15) is 5.56 Å². The highest BCUT2D eigenvalue weighted by Crippen LogP contribution is 2.32. The van der Waals surface area contributed by atoms with Crippen LogP contribution in [0.15, 0.2) is 53.6 Å². The van der Waals surface area contributed by atoms with Crippen molar-refractivity contribution in [3.63, 3.8) is 0 Å². The lowest BCUT2D eigenvalue weighted by Gasteiger charge is -2.12. The van der Waals surface area contributed by atoms with Crippen LogP contribution in [0.25, 0.3) is 0 Å². The summed E-state index contributed by atoms with van der Waals surface area (Å²) in [6.07, 6.45) is -3.40. The van der Waals surface area contributed by atoms with Crippen molar-refractivity contribution < 1.29 is 22.6 Å². The largest absolute Gasteiger partial charge is 0.573 e. The van der Waals surface area contributed by atoms with E-state index in [1.165, 1.54) is 25.5 Å². The van der Waals surface area contributed by atoms with Crippen LogP contribution in [0.4, 0.5) is 18.9 Å². The number of hydrogen-bond acceptors (Lipinski definition) is 4. The molecule has 1 N–H and O–H groups in total. The van der Waals surface area contributed by atoms with E-state index in [2.05, 4.69) is 15.3 Å². The van der Waals surface area contributed by atoms with Crippen molar-refractivity contribution in [2.45, 2.75) is 6.36 Å². The maximum atomic E-state index is 12.3. The molecule has 0 aromatic heterocycles. The molecule has 0 aliphatic rings. The Hall–Kier alpha value is -2.70. The van der Waals surface area contributed by atoms with Crippen LogP contribution in [0, 0.1) is 0 Å². The Balaban J connectivity index is 2.12. The van der Waals surface area contributed by atoms with Gasteiger partial charge in [-0.3, -0.25) is 5.43 Å². The number of para-hydroxylation sites is 1. The lowest BCUT2D eigenvalue weighted by Crippen LogP contribution is -2.17. The van der Waals surface area contributed by atoms with Gasteiger partial charge in [-0.1, -0.05) is 18.2 Å². The summed E-state index contributed by atoms with van der Waals surface area (Å²) in [6, 6.07) is 13.3. The fourth-order valence-corrected chi connectivity index (χ4v) is 1.67. The highest BCUT2D eigenvalue weighted by atomic mass is 19.4. The fourth-order valence-electron chi connectivity index (χ4n) is 1.67. The predicted molar refractivity (Wildman–Crippen MR) is 77.3 cm³/mol. The van der Waals surface area contributed by atoms with Crippen LogP contribution in [-0.4, -0.2) is 19.7 Å². The zero-order chi connectivity index (χ0) is 16.0. The van der Waals surface area contributed by atoms with Crippen molar-refractivity contribution in [2.75, 3.05) is 12.5 Å². The Morgan fingerprint density at radius 2 is 1.77 bits per heavy atom. The van der Waals surface area contributed by atoms with Gasteiger partial charge in [-0.25, -0.2) is 0 Å². The monoisotopic (exact) mass is 310 g/mol. The quantitative estimate of drug-likeness (QED) is 0.669. The van der Waals surface area contributed by atoms with Crippen molar-refractivity contribution in [1.82, 2.24) is 0 Å². The molecule has 0 aliphatic carbocycles. The summed E-state index contributed by atoms with van der Waals surface area (Å²) >= 11 is 0. The molecule has 0 spiro atoms. The lowest BCUT2D eigenvalue weighted by atomic mass is 10.2. The van der Waals surface area contributed by atoms with E-state index in [1.54, 1.807) is 6.07 Å². The van der Waals surface area contributed by atoms with Gasteiger partial charge in [0.2, 0.25) is 0 Å². The Morgan fingerprint density at radius 3 is 2.41 bits per heavy atom. The van der Waals surface area contributed by atoms with Gasteiger partial charge in [-0.15, -0.1) is 13.2 Å². The van der Waals surface area contributed by atoms with E-state index in [-0.39, 0.29) is 5.75 Å². The first-order valence-corrected chi connectivity index (χ1v) is 6.26. The average Bonchev–Trinajstić information content (AvgIpc) is 2.47. The SMILES string of the molecule is COc1ccc(C=NNc2ccccc2)cc1OC(F)(F)F. The molecule has 4 nitrogen and oxygen atoms in total. The van der Waals surface area contributed by atoms with Gasteiger partial charge in [-0.05, 0) is 35.9 Å². The number of benzene rings is 2. The highest BCUT2D eigenvalue weighted by molar-refractivity contribution is 5.81. The van der Waals surface area contributed by atoms with E-state index in [4.69, 9.17) is 4.74 Å². The molecular weight excluding hydrogens is 297 g/mol. The van der Waals surface area contributed by atoms with Gasteiger partial charge >= 0.3 is 6.36 Å². The van der Waals surface area contributed by atoms with Crippen molar-refractivity contribution in [2.24, 2.45) is 5.10 Å². The third kappa shape index (κ3) is 4.69. The number of methoxy groups -OCH3 is 1. The minimum Gasteiger partial charge on any atom is -0.493 e. The predicted octanol–water partition coefficient (Wildman–Crippen LogP) is 4.04. The molecule has 2 rings (SSSR count). The summed E-state index contributed by atoms with van der Waals surface area (Å²) in [5, 5.41) is 3.95. The second-order valence-electron chi connectivity index (χ2n) is 4.19. The van der Waals surface area contributed by atoms with Crippen LogP contribution in [0.5, 0.6) is 11.5 Å². The first-order valence-electron chi connectivity index (χ1n) is 6.26.